The summed E-state index contributed by atoms with van der Waals surface area (Å²) in [7, 11) is 1.34. The number of hydrogen-bond donors (Lipinski definition) is 0. The molecule has 0 saturated carbocycles. The molecule has 7 nitrogen and oxygen atoms in total. The Hall–Kier alpha value is -3.26. The maximum Gasteiger partial charge on any atom is 0.337 e. The van der Waals surface area contributed by atoms with Crippen LogP contribution >= 0.6 is 11.3 Å². The summed E-state index contributed by atoms with van der Waals surface area (Å²) in [5, 5.41) is 13.4. The lowest BCUT2D eigenvalue weighted by Crippen LogP contribution is -2.00. The van der Waals surface area contributed by atoms with Gasteiger partial charge in [-0.15, -0.1) is 11.3 Å². The average molecular weight is 370 g/mol. The van der Waals surface area contributed by atoms with Crippen LogP contribution in [0, 0.1) is 10.1 Å². The number of nitro benzene ring substituents is 1. The molecule has 0 radical (unpaired) electrons. The molecule has 132 valence electrons. The predicted octanol–water partition coefficient (Wildman–Crippen LogP) is 4.08. The number of carbonyl (C=O) groups excluding carboxylic acids is 1. The summed E-state index contributed by atoms with van der Waals surface area (Å²) < 4.78 is 10.2. The molecule has 0 aliphatic rings. The Kier molecular flexibility index (Phi) is 5.23. The molecule has 0 aliphatic carbocycles. The first-order valence-electron chi connectivity index (χ1n) is 7.57. The van der Waals surface area contributed by atoms with Crippen molar-refractivity contribution in [2.24, 2.45) is 0 Å². The van der Waals surface area contributed by atoms with E-state index < -0.39 is 4.92 Å². The molecule has 0 spiro atoms. The molecule has 3 rings (SSSR count). The zero-order valence-electron chi connectivity index (χ0n) is 13.7. The van der Waals surface area contributed by atoms with Crippen LogP contribution in [0.25, 0.3) is 10.6 Å². The van der Waals surface area contributed by atoms with Crippen molar-refractivity contribution in [3.63, 3.8) is 0 Å². The lowest BCUT2D eigenvalue weighted by atomic mass is 10.1. The fourth-order valence-corrected chi connectivity index (χ4v) is 3.03. The second-order valence-corrected chi connectivity index (χ2v) is 6.11. The maximum absolute atomic E-state index is 11.5. The first-order valence-corrected chi connectivity index (χ1v) is 8.45. The van der Waals surface area contributed by atoms with E-state index in [-0.39, 0.29) is 18.3 Å². The highest BCUT2D eigenvalue weighted by molar-refractivity contribution is 7.13. The Morgan fingerprint density at radius 1 is 1.23 bits per heavy atom. The fourth-order valence-electron chi connectivity index (χ4n) is 2.22. The second kappa shape index (κ2) is 7.75. The minimum absolute atomic E-state index is 0.0211. The van der Waals surface area contributed by atoms with Gasteiger partial charge in [-0.05, 0) is 18.2 Å². The van der Waals surface area contributed by atoms with Crippen molar-refractivity contribution >= 4 is 23.0 Å². The molecule has 8 heteroatoms. The van der Waals surface area contributed by atoms with E-state index in [4.69, 9.17) is 4.74 Å². The van der Waals surface area contributed by atoms with E-state index in [2.05, 4.69) is 9.72 Å². The molecular formula is C18H14N2O5S. The van der Waals surface area contributed by atoms with Crippen molar-refractivity contribution in [2.45, 2.75) is 6.61 Å². The molecule has 0 unspecified atom stereocenters. The van der Waals surface area contributed by atoms with Gasteiger partial charge in [0, 0.05) is 17.0 Å². The van der Waals surface area contributed by atoms with Crippen LogP contribution in [0.2, 0.25) is 0 Å². The predicted molar refractivity (Wildman–Crippen MR) is 96.3 cm³/mol. The normalized spacial score (nSPS) is 10.3. The minimum Gasteiger partial charge on any atom is -0.487 e. The molecule has 3 aromatic rings. The van der Waals surface area contributed by atoms with Gasteiger partial charge in [0.1, 0.15) is 17.4 Å². The molecular weight excluding hydrogens is 356 g/mol. The van der Waals surface area contributed by atoms with Crippen LogP contribution in [-0.4, -0.2) is 23.0 Å². The molecule has 2 aromatic carbocycles. The first kappa shape index (κ1) is 17.6. The number of aromatic nitrogens is 1. The van der Waals surface area contributed by atoms with Gasteiger partial charge in [0.15, 0.2) is 0 Å². The number of nitro groups is 1. The van der Waals surface area contributed by atoms with Gasteiger partial charge < -0.3 is 9.47 Å². The van der Waals surface area contributed by atoms with Crippen LogP contribution in [0.3, 0.4) is 0 Å². The van der Waals surface area contributed by atoms with Crippen molar-refractivity contribution in [1.29, 1.82) is 0 Å². The van der Waals surface area contributed by atoms with Gasteiger partial charge in [0.2, 0.25) is 0 Å². The third-order valence-corrected chi connectivity index (χ3v) is 4.46. The number of benzene rings is 2. The number of ether oxygens (including phenoxy) is 2. The lowest BCUT2D eigenvalue weighted by Gasteiger charge is -2.03. The molecule has 26 heavy (non-hydrogen) atoms. The summed E-state index contributed by atoms with van der Waals surface area (Å²) in [6.07, 6.45) is 0. The monoisotopic (exact) mass is 370 g/mol. The van der Waals surface area contributed by atoms with Gasteiger partial charge in [-0.3, -0.25) is 10.1 Å². The van der Waals surface area contributed by atoms with Crippen molar-refractivity contribution in [3.05, 3.63) is 75.3 Å². The van der Waals surface area contributed by atoms with Crippen LogP contribution in [0.1, 0.15) is 16.1 Å². The standard InChI is InChI=1S/C18H14N2O5S/c1-24-18(21)13-7-5-12(6-8-13)17-19-14(11-26-17)10-25-16-4-2-3-15(9-16)20(22)23/h2-9,11H,10H2,1H3. The molecule has 1 aromatic heterocycles. The highest BCUT2D eigenvalue weighted by Gasteiger charge is 2.10. The summed E-state index contributed by atoms with van der Waals surface area (Å²) in [5.74, 6) is 0.0258. The van der Waals surface area contributed by atoms with E-state index in [9.17, 15) is 14.9 Å². The van der Waals surface area contributed by atoms with E-state index in [1.807, 2.05) is 5.38 Å². The summed E-state index contributed by atoms with van der Waals surface area (Å²) in [4.78, 5) is 26.3. The zero-order valence-corrected chi connectivity index (χ0v) is 14.6. The molecule has 0 fully saturated rings. The SMILES string of the molecule is COC(=O)c1ccc(-c2nc(COc3cccc([N+](=O)[O-])c3)cs2)cc1. The third kappa shape index (κ3) is 4.04. The van der Waals surface area contributed by atoms with Crippen molar-refractivity contribution in [3.8, 4) is 16.3 Å². The number of esters is 1. The summed E-state index contributed by atoms with van der Waals surface area (Å²) in [5.41, 5.74) is 2.05. The van der Waals surface area contributed by atoms with Crippen LogP contribution in [0.15, 0.2) is 53.9 Å². The van der Waals surface area contributed by atoms with Gasteiger partial charge in [-0.25, -0.2) is 9.78 Å². The van der Waals surface area contributed by atoms with Gasteiger partial charge in [-0.1, -0.05) is 18.2 Å². The number of methoxy groups -OCH3 is 1. The largest absolute Gasteiger partial charge is 0.487 e. The topological polar surface area (TPSA) is 91.6 Å². The average Bonchev–Trinajstić information content (AvgIpc) is 3.15. The van der Waals surface area contributed by atoms with E-state index in [0.717, 1.165) is 10.6 Å². The maximum atomic E-state index is 11.5. The van der Waals surface area contributed by atoms with Crippen molar-refractivity contribution in [2.75, 3.05) is 7.11 Å². The Balaban J connectivity index is 1.67. The van der Waals surface area contributed by atoms with Gasteiger partial charge in [0.05, 0.1) is 29.4 Å². The van der Waals surface area contributed by atoms with Gasteiger partial charge in [-0.2, -0.15) is 0 Å². The molecule has 0 saturated heterocycles. The molecule has 0 N–H and O–H groups in total. The number of thiazole rings is 1. The number of nitrogens with zero attached hydrogens (tertiary/aromatic N) is 2. The number of rotatable bonds is 6. The number of carbonyl (C=O) groups is 1. The Bertz CT molecular complexity index is 937. The quantitative estimate of drug-likeness (QED) is 0.369. The zero-order chi connectivity index (χ0) is 18.5. The third-order valence-electron chi connectivity index (χ3n) is 3.52. The van der Waals surface area contributed by atoms with Crippen LogP contribution < -0.4 is 4.74 Å². The number of non-ortho nitro benzene ring substituents is 1. The minimum atomic E-state index is -0.466. The van der Waals surface area contributed by atoms with Crippen LogP contribution in [0.5, 0.6) is 5.75 Å². The van der Waals surface area contributed by atoms with E-state index >= 15 is 0 Å². The second-order valence-electron chi connectivity index (χ2n) is 5.26. The highest BCUT2D eigenvalue weighted by atomic mass is 32.1. The van der Waals surface area contributed by atoms with E-state index in [1.165, 1.54) is 30.6 Å². The van der Waals surface area contributed by atoms with Gasteiger partial charge >= 0.3 is 5.97 Å². The summed E-state index contributed by atoms with van der Waals surface area (Å²) in [6.45, 7) is 0.206. The molecule has 0 amide bonds. The first-order chi connectivity index (χ1) is 12.6. The Labute approximate surface area is 153 Å². The lowest BCUT2D eigenvalue weighted by molar-refractivity contribution is -0.384. The van der Waals surface area contributed by atoms with Crippen molar-refractivity contribution in [1.82, 2.24) is 4.98 Å². The summed E-state index contributed by atoms with van der Waals surface area (Å²) in [6, 6.07) is 13.0. The van der Waals surface area contributed by atoms with Crippen LogP contribution in [0.4, 0.5) is 5.69 Å². The molecule has 0 aliphatic heterocycles. The molecule has 0 atom stereocenters. The molecule has 0 bridgehead atoms. The van der Waals surface area contributed by atoms with Crippen LogP contribution in [-0.2, 0) is 11.3 Å². The van der Waals surface area contributed by atoms with E-state index in [0.29, 0.717) is 17.0 Å². The van der Waals surface area contributed by atoms with Gasteiger partial charge in [0.25, 0.3) is 5.69 Å². The fraction of sp³-hybridized carbons (Fsp3) is 0.111. The Morgan fingerprint density at radius 3 is 2.69 bits per heavy atom. The smallest absolute Gasteiger partial charge is 0.337 e. The van der Waals surface area contributed by atoms with Crippen molar-refractivity contribution < 1.29 is 19.2 Å². The summed E-state index contributed by atoms with van der Waals surface area (Å²) >= 11 is 1.45. The molecule has 1 heterocycles. The highest BCUT2D eigenvalue weighted by Crippen LogP contribution is 2.25. The van der Waals surface area contributed by atoms with E-state index in [1.54, 1.807) is 36.4 Å². The number of hydrogen-bond acceptors (Lipinski definition) is 7. The Morgan fingerprint density at radius 2 is 2.00 bits per heavy atom.